The zero-order valence-electron chi connectivity index (χ0n) is 15.8. The van der Waals surface area contributed by atoms with Gasteiger partial charge in [0.2, 0.25) is 5.96 Å². The van der Waals surface area contributed by atoms with Crippen molar-refractivity contribution < 1.29 is 9.53 Å². The van der Waals surface area contributed by atoms with Gasteiger partial charge in [0.15, 0.2) is 5.69 Å². The van der Waals surface area contributed by atoms with Crippen LogP contribution in [-0.2, 0) is 18.2 Å². The molecule has 140 valence electrons. The Morgan fingerprint density at radius 3 is 2.77 bits per heavy atom. The molecule has 0 aliphatic heterocycles. The third-order valence-electron chi connectivity index (χ3n) is 5.05. The molecule has 26 heavy (non-hydrogen) atoms. The number of nitrogens with one attached hydrogen (secondary N) is 1. The molecule has 1 heterocycles. The van der Waals surface area contributed by atoms with Crippen molar-refractivity contribution >= 4 is 24.3 Å². The lowest BCUT2D eigenvalue weighted by Gasteiger charge is -2.18. The first-order valence-corrected chi connectivity index (χ1v) is 9.30. The van der Waals surface area contributed by atoms with Gasteiger partial charge in [-0.2, -0.15) is 5.10 Å². The molecule has 0 amide bonds. The van der Waals surface area contributed by atoms with Crippen molar-refractivity contribution in [3.63, 3.8) is 0 Å². The highest BCUT2D eigenvalue weighted by Crippen LogP contribution is 2.34. The molecule has 2 aliphatic rings. The minimum atomic E-state index is -0.376. The van der Waals surface area contributed by atoms with Crippen molar-refractivity contribution in [2.24, 2.45) is 17.0 Å². The molecular formula is C19H27N5O2. The van der Waals surface area contributed by atoms with Crippen LogP contribution in [0.5, 0.6) is 0 Å². The van der Waals surface area contributed by atoms with Gasteiger partial charge in [0.25, 0.3) is 0 Å². The van der Waals surface area contributed by atoms with E-state index in [0.717, 1.165) is 48.2 Å². The summed E-state index contributed by atoms with van der Waals surface area (Å²) < 4.78 is 6.87. The average molecular weight is 357 g/mol. The summed E-state index contributed by atoms with van der Waals surface area (Å²) >= 11 is 0. The Morgan fingerprint density at radius 1 is 1.38 bits per heavy atom. The highest BCUT2D eigenvalue weighted by Gasteiger charge is 2.29. The van der Waals surface area contributed by atoms with E-state index in [-0.39, 0.29) is 5.97 Å². The maximum atomic E-state index is 12.2. The fourth-order valence-electron chi connectivity index (χ4n) is 3.72. The van der Waals surface area contributed by atoms with Crippen LogP contribution in [0.15, 0.2) is 15.6 Å². The summed E-state index contributed by atoms with van der Waals surface area (Å²) in [5.74, 6) is 0.163. The minimum Gasteiger partial charge on any atom is -0.461 e. The Balaban J connectivity index is 1.96. The lowest BCUT2D eigenvalue weighted by atomic mass is 9.93. The van der Waals surface area contributed by atoms with E-state index in [2.05, 4.69) is 29.0 Å². The van der Waals surface area contributed by atoms with Gasteiger partial charge in [-0.25, -0.2) is 14.8 Å². The van der Waals surface area contributed by atoms with Gasteiger partial charge < -0.3 is 10.1 Å². The SMILES string of the molecule is C=N/C(=N\C1=C(C)CCc2c(C(=O)OCC)nn(C)c21)NC1CCCC1. The van der Waals surface area contributed by atoms with Crippen LogP contribution in [0.4, 0.5) is 0 Å². The molecular weight excluding hydrogens is 330 g/mol. The van der Waals surface area contributed by atoms with Crippen LogP contribution in [0.3, 0.4) is 0 Å². The van der Waals surface area contributed by atoms with Crippen molar-refractivity contribution in [3.8, 4) is 0 Å². The number of carbonyl (C=O) groups excluding carboxylic acids is 1. The molecule has 7 heteroatoms. The topological polar surface area (TPSA) is 80.9 Å². The zero-order valence-corrected chi connectivity index (χ0v) is 15.8. The van der Waals surface area contributed by atoms with Gasteiger partial charge in [0, 0.05) is 18.7 Å². The van der Waals surface area contributed by atoms with Gasteiger partial charge in [0.05, 0.1) is 18.0 Å². The second kappa shape index (κ2) is 7.85. The number of aliphatic imine (C=N–C) groups is 2. The molecule has 1 aromatic heterocycles. The molecule has 3 rings (SSSR count). The predicted molar refractivity (Wildman–Crippen MR) is 102 cm³/mol. The standard InChI is InChI=1S/C19H27N5O2/c1-5-26-18(25)16-14-11-10-12(2)15(17(14)24(4)23-16)22-19(20-3)21-13-8-6-7-9-13/h13H,3,5-11H2,1-2,4H3,(H,21,22). The second-order valence-electron chi connectivity index (χ2n) is 6.87. The summed E-state index contributed by atoms with van der Waals surface area (Å²) in [5, 5.41) is 7.80. The van der Waals surface area contributed by atoms with Crippen LogP contribution < -0.4 is 5.32 Å². The van der Waals surface area contributed by atoms with Crippen molar-refractivity contribution in [3.05, 3.63) is 22.5 Å². The largest absolute Gasteiger partial charge is 0.461 e. The van der Waals surface area contributed by atoms with E-state index in [1.165, 1.54) is 12.8 Å². The number of aryl methyl sites for hydroxylation is 1. The average Bonchev–Trinajstić information content (AvgIpc) is 3.24. The molecule has 0 radical (unpaired) electrons. The summed E-state index contributed by atoms with van der Waals surface area (Å²) in [7, 11) is 1.83. The maximum Gasteiger partial charge on any atom is 0.359 e. The molecule has 1 fully saturated rings. The molecule has 7 nitrogen and oxygen atoms in total. The van der Waals surface area contributed by atoms with Gasteiger partial charge in [-0.05, 0) is 51.8 Å². The summed E-state index contributed by atoms with van der Waals surface area (Å²) in [4.78, 5) is 21.1. The number of carbonyl (C=O) groups is 1. The van der Waals surface area contributed by atoms with Gasteiger partial charge in [-0.1, -0.05) is 12.8 Å². The van der Waals surface area contributed by atoms with Crippen LogP contribution >= 0.6 is 0 Å². The van der Waals surface area contributed by atoms with Crippen LogP contribution in [0.1, 0.15) is 67.7 Å². The summed E-state index contributed by atoms with van der Waals surface area (Å²) in [6.45, 7) is 7.86. The van der Waals surface area contributed by atoms with E-state index >= 15 is 0 Å². The Kier molecular flexibility index (Phi) is 5.54. The number of rotatable bonds is 4. The highest BCUT2D eigenvalue weighted by atomic mass is 16.5. The first kappa shape index (κ1) is 18.4. The molecule has 0 saturated heterocycles. The first-order valence-electron chi connectivity index (χ1n) is 9.30. The number of allylic oxidation sites excluding steroid dienone is 1. The van der Waals surface area contributed by atoms with Crippen molar-refractivity contribution in [2.45, 2.75) is 58.4 Å². The van der Waals surface area contributed by atoms with Gasteiger partial charge in [-0.15, -0.1) is 0 Å². The smallest absolute Gasteiger partial charge is 0.359 e. The minimum absolute atomic E-state index is 0.333. The number of ether oxygens (including phenoxy) is 1. The van der Waals surface area contributed by atoms with Crippen LogP contribution in [0.25, 0.3) is 5.70 Å². The van der Waals surface area contributed by atoms with Crippen molar-refractivity contribution in [1.29, 1.82) is 0 Å². The van der Waals surface area contributed by atoms with Gasteiger partial charge in [-0.3, -0.25) is 4.68 Å². The molecule has 0 spiro atoms. The lowest BCUT2D eigenvalue weighted by molar-refractivity contribution is 0.0517. The van der Waals surface area contributed by atoms with E-state index in [0.29, 0.717) is 24.3 Å². The molecule has 0 aromatic carbocycles. The molecule has 0 bridgehead atoms. The Bertz CT molecular complexity index is 769. The van der Waals surface area contributed by atoms with E-state index in [1.807, 2.05) is 7.05 Å². The summed E-state index contributed by atoms with van der Waals surface area (Å²) in [6, 6.07) is 0.407. The van der Waals surface area contributed by atoms with Crippen molar-refractivity contribution in [1.82, 2.24) is 15.1 Å². The monoisotopic (exact) mass is 357 g/mol. The number of aromatic nitrogens is 2. The van der Waals surface area contributed by atoms with Crippen LogP contribution in [0.2, 0.25) is 0 Å². The highest BCUT2D eigenvalue weighted by molar-refractivity contribution is 5.94. The number of fused-ring (bicyclic) bond motifs is 1. The predicted octanol–water partition coefficient (Wildman–Crippen LogP) is 2.86. The van der Waals surface area contributed by atoms with E-state index < -0.39 is 0 Å². The Labute approximate surface area is 154 Å². The fourth-order valence-corrected chi connectivity index (χ4v) is 3.72. The fraction of sp³-hybridized carbons (Fsp3) is 0.579. The first-order chi connectivity index (χ1) is 12.5. The molecule has 1 saturated carbocycles. The molecule has 1 N–H and O–H groups in total. The number of hydrogen-bond donors (Lipinski definition) is 1. The number of hydrogen-bond acceptors (Lipinski definition) is 4. The zero-order chi connectivity index (χ0) is 18.7. The summed E-state index contributed by atoms with van der Waals surface area (Å²) in [5.41, 5.74) is 4.14. The number of esters is 1. The van der Waals surface area contributed by atoms with Crippen LogP contribution in [0, 0.1) is 0 Å². The van der Waals surface area contributed by atoms with E-state index in [1.54, 1.807) is 11.6 Å². The third kappa shape index (κ3) is 3.57. The third-order valence-corrected chi connectivity index (χ3v) is 5.05. The number of nitrogens with zero attached hydrogens (tertiary/aromatic N) is 4. The Hall–Kier alpha value is -2.44. The molecule has 2 aliphatic carbocycles. The van der Waals surface area contributed by atoms with Gasteiger partial charge in [0.1, 0.15) is 0 Å². The van der Waals surface area contributed by atoms with Crippen molar-refractivity contribution in [2.75, 3.05) is 6.61 Å². The normalized spacial score (nSPS) is 18.0. The maximum absolute atomic E-state index is 12.2. The number of guanidine groups is 1. The molecule has 1 aromatic rings. The lowest BCUT2D eigenvalue weighted by Crippen LogP contribution is -2.31. The van der Waals surface area contributed by atoms with E-state index in [4.69, 9.17) is 9.73 Å². The van der Waals surface area contributed by atoms with Crippen LogP contribution in [-0.4, -0.2) is 41.1 Å². The second-order valence-corrected chi connectivity index (χ2v) is 6.87. The molecule has 0 unspecified atom stereocenters. The van der Waals surface area contributed by atoms with Gasteiger partial charge >= 0.3 is 5.97 Å². The Morgan fingerprint density at radius 2 is 2.12 bits per heavy atom. The quantitative estimate of drug-likeness (QED) is 0.510. The molecule has 0 atom stereocenters. The van der Waals surface area contributed by atoms with E-state index in [9.17, 15) is 4.79 Å². The summed E-state index contributed by atoms with van der Waals surface area (Å²) in [6.07, 6.45) is 6.33.